The summed E-state index contributed by atoms with van der Waals surface area (Å²) in [7, 11) is 1.93. The van der Waals surface area contributed by atoms with E-state index in [0.717, 1.165) is 17.1 Å². The molecule has 0 amide bonds. The van der Waals surface area contributed by atoms with Gasteiger partial charge in [-0.1, -0.05) is 6.07 Å². The largest absolute Gasteiger partial charge is 0.454 e. The zero-order chi connectivity index (χ0) is 12.4. The van der Waals surface area contributed by atoms with E-state index in [1.54, 1.807) is 0 Å². The van der Waals surface area contributed by atoms with E-state index >= 15 is 0 Å². The molecule has 0 bridgehead atoms. The number of rotatable bonds is 5. The summed E-state index contributed by atoms with van der Waals surface area (Å²) in [5.74, 6) is 1.61. The zero-order valence-corrected chi connectivity index (χ0v) is 10.3. The molecule has 3 rings (SSSR count). The molecule has 1 N–H and O–H groups in total. The Hall–Kier alpha value is -1.30. The van der Waals surface area contributed by atoms with Crippen molar-refractivity contribution in [1.82, 2.24) is 5.32 Å². The van der Waals surface area contributed by atoms with Crippen LogP contribution in [-0.4, -0.2) is 39.8 Å². The molecule has 2 aliphatic heterocycles. The molecule has 1 unspecified atom stereocenters. The maximum atomic E-state index is 5.75. The average molecular weight is 251 g/mol. The van der Waals surface area contributed by atoms with Crippen molar-refractivity contribution in [2.45, 2.75) is 12.1 Å². The van der Waals surface area contributed by atoms with Crippen molar-refractivity contribution < 1.29 is 18.9 Å². The molecule has 5 heteroatoms. The van der Waals surface area contributed by atoms with Crippen LogP contribution in [0, 0.1) is 0 Å². The summed E-state index contributed by atoms with van der Waals surface area (Å²) in [5.41, 5.74) is 1.14. The van der Waals surface area contributed by atoms with E-state index in [2.05, 4.69) is 5.32 Å². The Balaban J connectivity index is 1.66. The Morgan fingerprint density at radius 3 is 2.89 bits per heavy atom. The Labute approximate surface area is 106 Å². The lowest BCUT2D eigenvalue weighted by atomic mass is 10.1. The number of ether oxygens (including phenoxy) is 4. The van der Waals surface area contributed by atoms with E-state index in [4.69, 9.17) is 18.9 Å². The lowest BCUT2D eigenvalue weighted by Crippen LogP contribution is -2.38. The fourth-order valence-electron chi connectivity index (χ4n) is 2.02. The van der Waals surface area contributed by atoms with Crippen LogP contribution < -0.4 is 14.8 Å². The third-order valence-electron chi connectivity index (χ3n) is 3.25. The fourth-order valence-corrected chi connectivity index (χ4v) is 2.02. The van der Waals surface area contributed by atoms with E-state index in [1.807, 2.05) is 25.2 Å². The molecule has 0 radical (unpaired) electrons. The predicted molar refractivity (Wildman–Crippen MR) is 64.9 cm³/mol. The Morgan fingerprint density at radius 1 is 1.33 bits per heavy atom. The Morgan fingerprint density at radius 2 is 2.17 bits per heavy atom. The van der Waals surface area contributed by atoms with Crippen molar-refractivity contribution in [3.8, 4) is 11.5 Å². The van der Waals surface area contributed by atoms with Crippen LogP contribution >= 0.6 is 0 Å². The molecular formula is C13H17NO4. The molecule has 0 spiro atoms. The average Bonchev–Trinajstić information content (AvgIpc) is 2.79. The molecule has 0 saturated carbocycles. The molecule has 1 atom stereocenters. The summed E-state index contributed by atoms with van der Waals surface area (Å²) in [6.07, 6.45) is 0.245. The first-order chi connectivity index (χ1) is 8.86. The molecule has 5 nitrogen and oxygen atoms in total. The van der Waals surface area contributed by atoms with Gasteiger partial charge in [0, 0.05) is 0 Å². The van der Waals surface area contributed by atoms with E-state index < -0.39 is 0 Å². The van der Waals surface area contributed by atoms with Crippen molar-refractivity contribution in [2.75, 3.05) is 33.7 Å². The van der Waals surface area contributed by atoms with Crippen molar-refractivity contribution in [3.05, 3.63) is 23.8 Å². The summed E-state index contributed by atoms with van der Waals surface area (Å²) >= 11 is 0. The maximum Gasteiger partial charge on any atom is 0.231 e. The highest BCUT2D eigenvalue weighted by atomic mass is 16.7. The van der Waals surface area contributed by atoms with Gasteiger partial charge in [0.05, 0.1) is 25.9 Å². The van der Waals surface area contributed by atoms with Crippen LogP contribution in [0.1, 0.15) is 11.6 Å². The summed E-state index contributed by atoms with van der Waals surface area (Å²) < 4.78 is 21.5. The van der Waals surface area contributed by atoms with Gasteiger partial charge in [-0.2, -0.15) is 0 Å². The highest BCUT2D eigenvalue weighted by Gasteiger charge is 2.22. The molecule has 18 heavy (non-hydrogen) atoms. The molecule has 2 heterocycles. The van der Waals surface area contributed by atoms with E-state index in [9.17, 15) is 0 Å². The molecule has 98 valence electrons. The van der Waals surface area contributed by atoms with Crippen LogP contribution in [0.15, 0.2) is 18.2 Å². The smallest absolute Gasteiger partial charge is 0.231 e. The van der Waals surface area contributed by atoms with Gasteiger partial charge in [0.15, 0.2) is 11.5 Å². The van der Waals surface area contributed by atoms with Crippen LogP contribution in [0.5, 0.6) is 11.5 Å². The third-order valence-corrected chi connectivity index (χ3v) is 3.25. The van der Waals surface area contributed by atoms with Gasteiger partial charge in [-0.3, -0.25) is 0 Å². The minimum absolute atomic E-state index is 0.153. The zero-order valence-electron chi connectivity index (χ0n) is 10.3. The van der Waals surface area contributed by atoms with Crippen LogP contribution in [0.3, 0.4) is 0 Å². The van der Waals surface area contributed by atoms with Crippen LogP contribution in [0.25, 0.3) is 0 Å². The lowest BCUT2D eigenvalue weighted by molar-refractivity contribution is -0.133. The van der Waals surface area contributed by atoms with Gasteiger partial charge in [0.2, 0.25) is 6.79 Å². The van der Waals surface area contributed by atoms with Crippen LogP contribution in [0.2, 0.25) is 0 Å². The Kier molecular flexibility index (Phi) is 3.36. The third kappa shape index (κ3) is 2.29. The predicted octanol–water partition coefficient (Wildman–Crippen LogP) is 1.09. The van der Waals surface area contributed by atoms with Crippen molar-refractivity contribution in [2.24, 2.45) is 0 Å². The minimum atomic E-state index is 0.153. The van der Waals surface area contributed by atoms with E-state index in [1.165, 1.54) is 0 Å². The maximum absolute atomic E-state index is 5.75. The monoisotopic (exact) mass is 251 g/mol. The normalized spacial score (nSPS) is 19.6. The highest BCUT2D eigenvalue weighted by Crippen LogP contribution is 2.34. The molecule has 1 fully saturated rings. The van der Waals surface area contributed by atoms with Crippen molar-refractivity contribution in [1.29, 1.82) is 0 Å². The summed E-state index contributed by atoms with van der Waals surface area (Å²) in [6, 6.07) is 6.13. The fraction of sp³-hybridized carbons (Fsp3) is 0.538. The van der Waals surface area contributed by atoms with Crippen molar-refractivity contribution >= 4 is 0 Å². The first-order valence-corrected chi connectivity index (χ1v) is 6.13. The summed E-state index contributed by atoms with van der Waals surface area (Å²) in [5, 5.41) is 3.25. The van der Waals surface area contributed by atoms with E-state index in [-0.39, 0.29) is 12.1 Å². The van der Waals surface area contributed by atoms with Gasteiger partial charge in [-0.05, 0) is 24.7 Å². The minimum Gasteiger partial charge on any atom is -0.454 e. The first-order valence-electron chi connectivity index (χ1n) is 6.13. The topological polar surface area (TPSA) is 49.0 Å². The number of likely N-dealkylation sites (N-methyl/N-ethyl adjacent to an activating group) is 1. The quantitative estimate of drug-likeness (QED) is 0.849. The first kappa shape index (κ1) is 11.8. The second-order valence-electron chi connectivity index (χ2n) is 4.45. The second-order valence-corrected chi connectivity index (χ2v) is 4.45. The highest BCUT2D eigenvalue weighted by molar-refractivity contribution is 5.45. The number of benzene rings is 1. The molecule has 1 aromatic carbocycles. The summed E-state index contributed by atoms with van der Waals surface area (Å²) in [4.78, 5) is 0. The van der Waals surface area contributed by atoms with Crippen LogP contribution in [0.4, 0.5) is 0 Å². The molecule has 2 aliphatic rings. The molecular weight excluding hydrogens is 234 g/mol. The SMILES string of the molecule is CNC(COC1COC1)c1ccc2c(c1)OCO2. The standard InChI is InChI=1S/C13H17NO4/c1-14-11(7-16-10-5-15-6-10)9-2-3-12-13(4-9)18-8-17-12/h2-4,10-11,14H,5-8H2,1H3. The van der Waals surface area contributed by atoms with Gasteiger partial charge in [0.25, 0.3) is 0 Å². The van der Waals surface area contributed by atoms with Gasteiger partial charge in [-0.15, -0.1) is 0 Å². The lowest BCUT2D eigenvalue weighted by Gasteiger charge is -2.28. The van der Waals surface area contributed by atoms with Gasteiger partial charge in [-0.25, -0.2) is 0 Å². The summed E-state index contributed by atoms with van der Waals surface area (Å²) in [6.45, 7) is 2.35. The number of fused-ring (bicyclic) bond motifs is 1. The molecule has 1 aromatic rings. The van der Waals surface area contributed by atoms with Gasteiger partial charge >= 0.3 is 0 Å². The van der Waals surface area contributed by atoms with Crippen LogP contribution in [-0.2, 0) is 9.47 Å². The molecule has 0 aliphatic carbocycles. The van der Waals surface area contributed by atoms with E-state index in [0.29, 0.717) is 26.6 Å². The Bertz CT molecular complexity index is 419. The second kappa shape index (κ2) is 5.14. The van der Waals surface area contributed by atoms with Gasteiger partial charge < -0.3 is 24.3 Å². The van der Waals surface area contributed by atoms with Crippen molar-refractivity contribution in [3.63, 3.8) is 0 Å². The van der Waals surface area contributed by atoms with Gasteiger partial charge in [0.1, 0.15) is 6.10 Å². The number of nitrogens with one attached hydrogen (secondary N) is 1. The number of hydrogen-bond donors (Lipinski definition) is 1. The molecule has 1 saturated heterocycles. The molecule has 0 aromatic heterocycles. The number of hydrogen-bond acceptors (Lipinski definition) is 5.